The molecule has 2 aliphatic heterocycles. The van der Waals surface area contributed by atoms with Gasteiger partial charge in [-0.1, -0.05) is 0 Å². The Hall–Kier alpha value is -1.36. The normalized spacial score (nSPS) is 29.5. The molecule has 5 heteroatoms. The van der Waals surface area contributed by atoms with Gasteiger partial charge in [0.1, 0.15) is 0 Å². The molecule has 1 aliphatic carbocycles. The van der Waals surface area contributed by atoms with E-state index >= 15 is 0 Å². The van der Waals surface area contributed by atoms with E-state index in [0.29, 0.717) is 5.69 Å². The van der Waals surface area contributed by atoms with Gasteiger partial charge in [-0.25, -0.2) is 0 Å². The van der Waals surface area contributed by atoms with Gasteiger partial charge in [-0.2, -0.15) is 5.10 Å². The first-order chi connectivity index (χ1) is 10.6. The van der Waals surface area contributed by atoms with Crippen LogP contribution in [0.5, 0.6) is 0 Å². The SMILES string of the molecule is C[C@@H]1Cc2c(C(=O)N3CCC(C4CC4)CC3)n[nH]c2[C@H](C)O1. The van der Waals surface area contributed by atoms with E-state index in [-0.39, 0.29) is 18.1 Å². The molecule has 1 amide bonds. The van der Waals surface area contributed by atoms with Gasteiger partial charge in [-0.05, 0) is 51.4 Å². The van der Waals surface area contributed by atoms with E-state index in [1.807, 2.05) is 11.8 Å². The third-order valence-electron chi connectivity index (χ3n) is 5.55. The topological polar surface area (TPSA) is 58.2 Å². The molecule has 3 heterocycles. The minimum absolute atomic E-state index is 0.00611. The molecule has 0 spiro atoms. The van der Waals surface area contributed by atoms with E-state index in [1.54, 1.807) is 0 Å². The van der Waals surface area contributed by atoms with Gasteiger partial charge in [0, 0.05) is 25.1 Å². The first-order valence-corrected chi connectivity index (χ1v) is 8.65. The standard InChI is InChI=1S/C17H25N3O2/c1-10-9-14-15(11(2)22-10)18-19-16(14)17(21)20-7-5-13(6-8-20)12-3-4-12/h10-13H,3-9H2,1-2H3,(H,18,19)/t10-,11+/m1/s1. The number of likely N-dealkylation sites (tertiary alicyclic amines) is 1. The van der Waals surface area contributed by atoms with E-state index in [2.05, 4.69) is 17.1 Å². The second-order valence-electron chi connectivity index (χ2n) is 7.22. The number of piperidine rings is 1. The highest BCUT2D eigenvalue weighted by Gasteiger charge is 2.36. The van der Waals surface area contributed by atoms with Gasteiger partial charge < -0.3 is 9.64 Å². The molecule has 1 saturated carbocycles. The number of H-pyrrole nitrogens is 1. The maximum atomic E-state index is 12.8. The van der Waals surface area contributed by atoms with Gasteiger partial charge in [-0.15, -0.1) is 0 Å². The lowest BCUT2D eigenvalue weighted by Gasteiger charge is -2.32. The predicted molar refractivity (Wildman–Crippen MR) is 82.6 cm³/mol. The Kier molecular flexibility index (Phi) is 3.48. The number of rotatable bonds is 2. The van der Waals surface area contributed by atoms with Crippen LogP contribution in [0.15, 0.2) is 0 Å². The summed E-state index contributed by atoms with van der Waals surface area (Å²) in [6.07, 6.45) is 6.05. The van der Waals surface area contributed by atoms with Gasteiger partial charge in [-0.3, -0.25) is 9.89 Å². The zero-order valence-corrected chi connectivity index (χ0v) is 13.5. The monoisotopic (exact) mass is 303 g/mol. The fourth-order valence-electron chi connectivity index (χ4n) is 4.14. The zero-order valence-electron chi connectivity index (χ0n) is 13.5. The third-order valence-corrected chi connectivity index (χ3v) is 5.55. The number of nitrogens with one attached hydrogen (secondary N) is 1. The molecule has 0 bridgehead atoms. The fourth-order valence-corrected chi connectivity index (χ4v) is 4.14. The summed E-state index contributed by atoms with van der Waals surface area (Å²) in [5.41, 5.74) is 2.68. The lowest BCUT2D eigenvalue weighted by molar-refractivity contribution is -0.00703. The van der Waals surface area contributed by atoms with Gasteiger partial charge in [0.25, 0.3) is 5.91 Å². The van der Waals surface area contributed by atoms with Crippen LogP contribution in [0.25, 0.3) is 0 Å². The van der Waals surface area contributed by atoms with Crippen molar-refractivity contribution in [1.29, 1.82) is 0 Å². The lowest BCUT2D eigenvalue weighted by Crippen LogP contribution is -2.39. The number of fused-ring (bicyclic) bond motifs is 1. The Morgan fingerprint density at radius 2 is 1.86 bits per heavy atom. The van der Waals surface area contributed by atoms with Crippen molar-refractivity contribution in [3.63, 3.8) is 0 Å². The number of hydrogen-bond acceptors (Lipinski definition) is 3. The smallest absolute Gasteiger partial charge is 0.274 e. The Balaban J connectivity index is 1.49. The van der Waals surface area contributed by atoms with Crippen LogP contribution in [0.2, 0.25) is 0 Å². The van der Waals surface area contributed by atoms with Crippen molar-refractivity contribution in [3.05, 3.63) is 17.0 Å². The Morgan fingerprint density at radius 3 is 2.55 bits per heavy atom. The van der Waals surface area contributed by atoms with Crippen molar-refractivity contribution in [1.82, 2.24) is 15.1 Å². The van der Waals surface area contributed by atoms with E-state index in [1.165, 1.54) is 25.7 Å². The van der Waals surface area contributed by atoms with Crippen molar-refractivity contribution in [2.75, 3.05) is 13.1 Å². The number of ether oxygens (including phenoxy) is 1. The molecule has 2 fully saturated rings. The molecule has 1 N–H and O–H groups in total. The molecule has 22 heavy (non-hydrogen) atoms. The Labute approximate surface area is 131 Å². The third kappa shape index (κ3) is 2.45. The summed E-state index contributed by atoms with van der Waals surface area (Å²) in [4.78, 5) is 14.8. The first kappa shape index (κ1) is 14.2. The second-order valence-corrected chi connectivity index (χ2v) is 7.22. The quantitative estimate of drug-likeness (QED) is 0.914. The fraction of sp³-hybridized carbons (Fsp3) is 0.765. The average molecular weight is 303 g/mol. The Bertz CT molecular complexity index is 570. The number of amides is 1. The second kappa shape index (κ2) is 5.37. The number of carbonyl (C=O) groups is 1. The largest absolute Gasteiger partial charge is 0.369 e. The highest BCUT2D eigenvalue weighted by Crippen LogP contribution is 2.42. The minimum Gasteiger partial charge on any atom is -0.369 e. The molecule has 5 nitrogen and oxygen atoms in total. The van der Waals surface area contributed by atoms with Crippen LogP contribution in [0.3, 0.4) is 0 Å². The van der Waals surface area contributed by atoms with Crippen LogP contribution < -0.4 is 0 Å². The van der Waals surface area contributed by atoms with Crippen LogP contribution in [0.1, 0.15) is 67.4 Å². The first-order valence-electron chi connectivity index (χ1n) is 8.65. The summed E-state index contributed by atoms with van der Waals surface area (Å²) in [7, 11) is 0. The molecule has 1 aromatic heterocycles. The van der Waals surface area contributed by atoms with E-state index in [0.717, 1.165) is 42.6 Å². The van der Waals surface area contributed by atoms with Crippen LogP contribution in [-0.2, 0) is 11.2 Å². The van der Waals surface area contributed by atoms with Crippen LogP contribution in [0.4, 0.5) is 0 Å². The number of carbonyl (C=O) groups excluding carboxylic acids is 1. The van der Waals surface area contributed by atoms with Crippen molar-refractivity contribution in [2.24, 2.45) is 11.8 Å². The summed E-state index contributed by atoms with van der Waals surface area (Å²) < 4.78 is 5.80. The molecule has 1 saturated heterocycles. The van der Waals surface area contributed by atoms with Gasteiger partial charge in [0.2, 0.25) is 0 Å². The van der Waals surface area contributed by atoms with Crippen LogP contribution in [-0.4, -0.2) is 40.2 Å². The van der Waals surface area contributed by atoms with E-state index < -0.39 is 0 Å². The number of nitrogens with zero attached hydrogens (tertiary/aromatic N) is 2. The highest BCUT2D eigenvalue weighted by molar-refractivity contribution is 5.94. The minimum atomic E-state index is -0.00611. The molecule has 0 radical (unpaired) electrons. The average Bonchev–Trinajstić information content (AvgIpc) is 3.27. The van der Waals surface area contributed by atoms with Crippen molar-refractivity contribution in [3.8, 4) is 0 Å². The molecule has 1 aromatic rings. The molecule has 2 atom stereocenters. The van der Waals surface area contributed by atoms with Gasteiger partial charge in [0.15, 0.2) is 5.69 Å². The maximum absolute atomic E-state index is 12.8. The molecule has 3 aliphatic rings. The van der Waals surface area contributed by atoms with E-state index in [9.17, 15) is 4.79 Å². The molecule has 0 unspecified atom stereocenters. The van der Waals surface area contributed by atoms with E-state index in [4.69, 9.17) is 4.74 Å². The van der Waals surface area contributed by atoms with Crippen molar-refractivity contribution in [2.45, 2.75) is 58.2 Å². The van der Waals surface area contributed by atoms with Gasteiger partial charge >= 0.3 is 0 Å². The van der Waals surface area contributed by atoms with Gasteiger partial charge in [0.05, 0.1) is 17.9 Å². The number of aromatic nitrogens is 2. The zero-order chi connectivity index (χ0) is 15.3. The summed E-state index contributed by atoms with van der Waals surface area (Å²) in [5.74, 6) is 1.91. The molecular weight excluding hydrogens is 278 g/mol. The summed E-state index contributed by atoms with van der Waals surface area (Å²) in [5, 5.41) is 7.36. The van der Waals surface area contributed by atoms with Crippen molar-refractivity contribution >= 4 is 5.91 Å². The summed E-state index contributed by atoms with van der Waals surface area (Å²) in [6.45, 7) is 5.86. The lowest BCUT2D eigenvalue weighted by atomic mass is 9.91. The molecule has 0 aromatic carbocycles. The summed E-state index contributed by atoms with van der Waals surface area (Å²) in [6, 6.07) is 0. The van der Waals surface area contributed by atoms with Crippen LogP contribution in [0, 0.1) is 11.8 Å². The highest BCUT2D eigenvalue weighted by atomic mass is 16.5. The Morgan fingerprint density at radius 1 is 1.18 bits per heavy atom. The number of hydrogen-bond donors (Lipinski definition) is 1. The molecule has 120 valence electrons. The van der Waals surface area contributed by atoms with Crippen molar-refractivity contribution < 1.29 is 9.53 Å². The molecular formula is C17H25N3O2. The predicted octanol–water partition coefficient (Wildman–Crippen LogP) is 2.69. The maximum Gasteiger partial charge on any atom is 0.274 e. The molecule has 4 rings (SSSR count). The summed E-state index contributed by atoms with van der Waals surface area (Å²) >= 11 is 0. The van der Waals surface area contributed by atoms with Crippen LogP contribution >= 0.6 is 0 Å². The number of aromatic amines is 1.